The monoisotopic (exact) mass is 478 g/mol. The topological polar surface area (TPSA) is 51.2 Å². The number of halogens is 2. The van der Waals surface area contributed by atoms with Gasteiger partial charge in [0.2, 0.25) is 0 Å². The maximum Gasteiger partial charge on any atom is 0.264 e. The Bertz CT molecular complexity index is 987. The van der Waals surface area contributed by atoms with Crippen LogP contribution >= 0.6 is 38.9 Å². The zero-order chi connectivity index (χ0) is 20.3. The van der Waals surface area contributed by atoms with Crippen molar-refractivity contribution in [3.05, 3.63) is 62.4 Å². The normalized spacial score (nSPS) is 10.9. The van der Waals surface area contributed by atoms with Gasteiger partial charge in [0.05, 0.1) is 5.69 Å². The van der Waals surface area contributed by atoms with Gasteiger partial charge in [-0.3, -0.25) is 10.1 Å². The molecule has 0 saturated carbocycles. The molecule has 0 bridgehead atoms. The van der Waals surface area contributed by atoms with E-state index in [4.69, 9.17) is 16.3 Å². The number of thiazole rings is 1. The van der Waals surface area contributed by atoms with Crippen LogP contribution in [0.1, 0.15) is 30.9 Å². The SMILES string of the molecule is Cc1cc(OCC(=O)Nc2nc(-c3ccc(Cl)cc3)cs2)c(C(C)C)cc1Br. The van der Waals surface area contributed by atoms with Crippen molar-refractivity contribution in [2.75, 3.05) is 11.9 Å². The molecular formula is C21H20BrClN2O2S. The Labute approximate surface area is 182 Å². The molecule has 3 rings (SSSR count). The Kier molecular flexibility index (Phi) is 6.75. The van der Waals surface area contributed by atoms with Crippen molar-refractivity contribution in [3.63, 3.8) is 0 Å². The predicted molar refractivity (Wildman–Crippen MR) is 120 cm³/mol. The molecule has 0 spiro atoms. The highest BCUT2D eigenvalue weighted by Gasteiger charge is 2.14. The number of anilines is 1. The van der Waals surface area contributed by atoms with Gasteiger partial charge >= 0.3 is 0 Å². The van der Waals surface area contributed by atoms with Crippen LogP contribution in [-0.4, -0.2) is 17.5 Å². The lowest BCUT2D eigenvalue weighted by atomic mass is 10.0. The van der Waals surface area contributed by atoms with E-state index in [1.165, 1.54) is 11.3 Å². The number of aromatic nitrogens is 1. The minimum Gasteiger partial charge on any atom is -0.483 e. The smallest absolute Gasteiger partial charge is 0.264 e. The molecule has 146 valence electrons. The van der Waals surface area contributed by atoms with Crippen LogP contribution in [0.3, 0.4) is 0 Å². The second-order valence-corrected chi connectivity index (χ2v) is 8.82. The quantitative estimate of drug-likeness (QED) is 0.429. The number of rotatable bonds is 6. The van der Waals surface area contributed by atoms with Gasteiger partial charge in [0, 0.05) is 20.4 Å². The third-order valence-electron chi connectivity index (χ3n) is 4.16. The molecule has 7 heteroatoms. The number of benzene rings is 2. The lowest BCUT2D eigenvalue weighted by Gasteiger charge is -2.15. The third kappa shape index (κ3) is 5.13. The zero-order valence-electron chi connectivity index (χ0n) is 15.8. The molecule has 0 unspecified atom stereocenters. The molecule has 1 heterocycles. The summed E-state index contributed by atoms with van der Waals surface area (Å²) < 4.78 is 6.84. The fraction of sp³-hybridized carbons (Fsp3) is 0.238. The second kappa shape index (κ2) is 9.07. The summed E-state index contributed by atoms with van der Waals surface area (Å²) in [5.74, 6) is 0.773. The zero-order valence-corrected chi connectivity index (χ0v) is 18.9. The lowest BCUT2D eigenvalue weighted by Crippen LogP contribution is -2.20. The molecule has 0 aliphatic carbocycles. The first-order valence-corrected chi connectivity index (χ1v) is 10.8. The second-order valence-electron chi connectivity index (χ2n) is 6.68. The van der Waals surface area contributed by atoms with E-state index >= 15 is 0 Å². The number of amides is 1. The molecule has 0 radical (unpaired) electrons. The third-order valence-corrected chi connectivity index (χ3v) is 6.03. The summed E-state index contributed by atoms with van der Waals surface area (Å²) in [7, 11) is 0. The standard InChI is InChI=1S/C21H20BrClN2O2S/c1-12(2)16-9-17(22)13(3)8-19(16)27-10-20(26)25-21-24-18(11-28-21)14-4-6-15(23)7-5-14/h4-9,11-12H,10H2,1-3H3,(H,24,25,26). The number of ether oxygens (including phenoxy) is 1. The van der Waals surface area contributed by atoms with E-state index in [0.717, 1.165) is 32.6 Å². The van der Waals surface area contributed by atoms with Crippen molar-refractivity contribution >= 4 is 49.9 Å². The van der Waals surface area contributed by atoms with Crippen molar-refractivity contribution in [2.24, 2.45) is 0 Å². The van der Waals surface area contributed by atoms with Crippen LogP contribution in [0.2, 0.25) is 5.02 Å². The van der Waals surface area contributed by atoms with Crippen LogP contribution in [0, 0.1) is 6.92 Å². The Morgan fingerprint density at radius 2 is 2.00 bits per heavy atom. The van der Waals surface area contributed by atoms with Crippen molar-refractivity contribution in [1.29, 1.82) is 0 Å². The minimum atomic E-state index is -0.243. The average Bonchev–Trinajstić information content (AvgIpc) is 3.11. The molecule has 0 atom stereocenters. The molecule has 2 aromatic carbocycles. The van der Waals surface area contributed by atoms with Gasteiger partial charge < -0.3 is 4.74 Å². The van der Waals surface area contributed by atoms with E-state index in [2.05, 4.69) is 40.1 Å². The van der Waals surface area contributed by atoms with E-state index < -0.39 is 0 Å². The number of hydrogen-bond donors (Lipinski definition) is 1. The van der Waals surface area contributed by atoms with Crippen LogP contribution in [0.4, 0.5) is 5.13 Å². The Balaban J connectivity index is 1.64. The van der Waals surface area contributed by atoms with Gasteiger partial charge in [0.25, 0.3) is 5.91 Å². The summed E-state index contributed by atoms with van der Waals surface area (Å²) in [6, 6.07) is 11.4. The molecular weight excluding hydrogens is 460 g/mol. The largest absolute Gasteiger partial charge is 0.483 e. The van der Waals surface area contributed by atoms with E-state index in [0.29, 0.717) is 10.2 Å². The average molecular weight is 480 g/mol. The van der Waals surface area contributed by atoms with E-state index in [1.54, 1.807) is 0 Å². The molecule has 0 saturated heterocycles. The van der Waals surface area contributed by atoms with E-state index in [1.807, 2.05) is 48.7 Å². The van der Waals surface area contributed by atoms with Gasteiger partial charge in [-0.1, -0.05) is 53.5 Å². The van der Waals surface area contributed by atoms with Gasteiger partial charge in [-0.25, -0.2) is 4.98 Å². The minimum absolute atomic E-state index is 0.0728. The molecule has 1 aromatic heterocycles. The van der Waals surface area contributed by atoms with Crippen LogP contribution in [0.15, 0.2) is 46.3 Å². The van der Waals surface area contributed by atoms with Crippen LogP contribution in [0.5, 0.6) is 5.75 Å². The molecule has 1 amide bonds. The highest BCUT2D eigenvalue weighted by molar-refractivity contribution is 9.10. The van der Waals surface area contributed by atoms with Gasteiger partial charge in [0.1, 0.15) is 5.75 Å². The summed E-state index contributed by atoms with van der Waals surface area (Å²) in [4.78, 5) is 16.8. The number of nitrogens with one attached hydrogen (secondary N) is 1. The maximum absolute atomic E-state index is 12.3. The lowest BCUT2D eigenvalue weighted by molar-refractivity contribution is -0.118. The van der Waals surface area contributed by atoms with Gasteiger partial charge in [-0.2, -0.15) is 0 Å². The molecule has 0 fully saturated rings. The van der Waals surface area contributed by atoms with Crippen molar-refractivity contribution in [2.45, 2.75) is 26.7 Å². The van der Waals surface area contributed by atoms with Crippen molar-refractivity contribution < 1.29 is 9.53 Å². The first-order valence-electron chi connectivity index (χ1n) is 8.77. The molecule has 1 N–H and O–H groups in total. The fourth-order valence-electron chi connectivity index (χ4n) is 2.63. The van der Waals surface area contributed by atoms with Crippen LogP contribution in [0.25, 0.3) is 11.3 Å². The molecule has 3 aromatic rings. The number of carbonyl (C=O) groups is 1. The Morgan fingerprint density at radius 1 is 1.29 bits per heavy atom. The summed E-state index contributed by atoms with van der Waals surface area (Å²) in [5, 5.41) is 5.91. The molecule has 0 aliphatic heterocycles. The Morgan fingerprint density at radius 3 is 2.68 bits per heavy atom. The van der Waals surface area contributed by atoms with Gasteiger partial charge in [-0.15, -0.1) is 11.3 Å². The van der Waals surface area contributed by atoms with Crippen LogP contribution < -0.4 is 10.1 Å². The van der Waals surface area contributed by atoms with Crippen molar-refractivity contribution in [3.8, 4) is 17.0 Å². The number of nitrogens with zero attached hydrogens (tertiary/aromatic N) is 1. The Hall–Kier alpha value is -1.89. The van der Waals surface area contributed by atoms with Crippen LogP contribution in [-0.2, 0) is 4.79 Å². The first-order chi connectivity index (χ1) is 13.3. The van der Waals surface area contributed by atoms with Gasteiger partial charge in [-0.05, 0) is 48.2 Å². The summed E-state index contributed by atoms with van der Waals surface area (Å²) in [6.45, 7) is 6.11. The summed E-state index contributed by atoms with van der Waals surface area (Å²) in [5.41, 5.74) is 3.87. The predicted octanol–water partition coefficient (Wildman–Crippen LogP) is 6.68. The van der Waals surface area contributed by atoms with E-state index in [-0.39, 0.29) is 18.4 Å². The van der Waals surface area contributed by atoms with Crippen molar-refractivity contribution in [1.82, 2.24) is 4.98 Å². The highest BCUT2D eigenvalue weighted by atomic mass is 79.9. The summed E-state index contributed by atoms with van der Waals surface area (Å²) in [6.07, 6.45) is 0. The number of carbonyl (C=O) groups excluding carboxylic acids is 1. The highest BCUT2D eigenvalue weighted by Crippen LogP contribution is 2.32. The molecule has 28 heavy (non-hydrogen) atoms. The number of hydrogen-bond acceptors (Lipinski definition) is 4. The molecule has 4 nitrogen and oxygen atoms in total. The maximum atomic E-state index is 12.3. The van der Waals surface area contributed by atoms with Gasteiger partial charge in [0.15, 0.2) is 11.7 Å². The van der Waals surface area contributed by atoms with E-state index in [9.17, 15) is 4.79 Å². The number of aryl methyl sites for hydroxylation is 1. The molecule has 0 aliphatic rings. The summed E-state index contributed by atoms with van der Waals surface area (Å²) >= 11 is 10.8. The first kappa shape index (κ1) is 20.8. The fourth-order valence-corrected chi connectivity index (χ4v) is 3.85.